The highest BCUT2D eigenvalue weighted by molar-refractivity contribution is 5.96. The second-order valence-corrected chi connectivity index (χ2v) is 8.30. The zero-order valence-corrected chi connectivity index (χ0v) is 17.1. The third kappa shape index (κ3) is 3.94. The van der Waals surface area contributed by atoms with Crippen LogP contribution in [0.4, 0.5) is 0 Å². The molecule has 1 saturated carbocycles. The molecule has 1 unspecified atom stereocenters. The number of rotatable bonds is 5. The zero-order chi connectivity index (χ0) is 20.3. The monoisotopic (exact) mass is 405 g/mol. The van der Waals surface area contributed by atoms with Crippen molar-refractivity contribution in [3.8, 4) is 0 Å². The Balaban J connectivity index is 1.26. The fourth-order valence-electron chi connectivity index (χ4n) is 4.61. The number of carbonyl (C=O) groups excluding carboxylic acids is 1. The van der Waals surface area contributed by atoms with E-state index in [0.29, 0.717) is 24.8 Å². The summed E-state index contributed by atoms with van der Waals surface area (Å²) < 4.78 is 8.21. The van der Waals surface area contributed by atoms with E-state index >= 15 is 0 Å². The van der Waals surface area contributed by atoms with Crippen molar-refractivity contribution in [2.45, 2.75) is 57.3 Å². The summed E-state index contributed by atoms with van der Waals surface area (Å²) in [5.74, 6) is 0.00551. The maximum atomic E-state index is 13.1. The van der Waals surface area contributed by atoms with Gasteiger partial charge < -0.3 is 14.2 Å². The summed E-state index contributed by atoms with van der Waals surface area (Å²) >= 11 is 0. The highest BCUT2D eigenvalue weighted by Gasteiger charge is 2.26. The number of likely N-dealkylation sites (tertiary alicyclic amines) is 1. The molecule has 3 aromatic heterocycles. The minimum atomic E-state index is 0.00551. The minimum absolute atomic E-state index is 0.00551. The molecule has 0 spiro atoms. The van der Waals surface area contributed by atoms with Gasteiger partial charge in [0.15, 0.2) is 5.65 Å². The second kappa shape index (κ2) is 8.52. The van der Waals surface area contributed by atoms with Crippen molar-refractivity contribution in [1.82, 2.24) is 24.4 Å². The summed E-state index contributed by atoms with van der Waals surface area (Å²) in [7, 11) is 0. The van der Waals surface area contributed by atoms with Gasteiger partial charge in [-0.1, -0.05) is 18.9 Å². The Hall–Kier alpha value is -2.80. The quantitative estimate of drug-likeness (QED) is 0.646. The molecule has 0 radical (unpaired) electrons. The Bertz CT molecular complexity index is 1010. The topological polar surface area (TPSA) is 73.1 Å². The molecule has 0 bridgehead atoms. The SMILES string of the molecule is O=C(c1cnc2c(c1)ncn2C1CCCC1)N1CCCC(OCc2ccccn2)C1. The van der Waals surface area contributed by atoms with Gasteiger partial charge in [-0.15, -0.1) is 0 Å². The fraction of sp³-hybridized carbons (Fsp3) is 0.478. The van der Waals surface area contributed by atoms with Gasteiger partial charge in [0, 0.05) is 31.5 Å². The van der Waals surface area contributed by atoms with E-state index < -0.39 is 0 Å². The van der Waals surface area contributed by atoms with Crippen molar-refractivity contribution in [1.29, 1.82) is 0 Å². The van der Waals surface area contributed by atoms with Gasteiger partial charge in [0.1, 0.15) is 5.52 Å². The first kappa shape index (κ1) is 19.2. The Morgan fingerprint density at radius 1 is 1.10 bits per heavy atom. The molecule has 1 saturated heterocycles. The van der Waals surface area contributed by atoms with E-state index in [1.165, 1.54) is 25.7 Å². The molecule has 156 valence electrons. The molecule has 1 aliphatic heterocycles. The van der Waals surface area contributed by atoms with Crippen molar-refractivity contribution >= 4 is 17.1 Å². The maximum absolute atomic E-state index is 13.1. The molecule has 5 rings (SSSR count). The van der Waals surface area contributed by atoms with Gasteiger partial charge in [-0.05, 0) is 43.9 Å². The van der Waals surface area contributed by atoms with Crippen LogP contribution in [0, 0.1) is 0 Å². The maximum Gasteiger partial charge on any atom is 0.255 e. The van der Waals surface area contributed by atoms with Crippen molar-refractivity contribution in [2.24, 2.45) is 0 Å². The molecule has 4 heterocycles. The summed E-state index contributed by atoms with van der Waals surface area (Å²) in [4.78, 5) is 28.4. The molecule has 3 aromatic rings. The van der Waals surface area contributed by atoms with Crippen molar-refractivity contribution in [2.75, 3.05) is 13.1 Å². The molecular weight excluding hydrogens is 378 g/mol. The Kier molecular flexibility index (Phi) is 5.45. The van der Waals surface area contributed by atoms with E-state index in [0.717, 1.165) is 36.2 Å². The van der Waals surface area contributed by atoms with Crippen LogP contribution in [0.3, 0.4) is 0 Å². The average Bonchev–Trinajstić information content (AvgIpc) is 3.47. The normalized spacial score (nSPS) is 20.1. The zero-order valence-electron chi connectivity index (χ0n) is 17.1. The van der Waals surface area contributed by atoms with Crippen LogP contribution in [0.1, 0.15) is 60.6 Å². The van der Waals surface area contributed by atoms with Crippen molar-refractivity contribution in [3.63, 3.8) is 0 Å². The van der Waals surface area contributed by atoms with Crippen LogP contribution >= 0.6 is 0 Å². The minimum Gasteiger partial charge on any atom is -0.370 e. The first-order valence-electron chi connectivity index (χ1n) is 10.9. The fourth-order valence-corrected chi connectivity index (χ4v) is 4.61. The van der Waals surface area contributed by atoms with Crippen LogP contribution < -0.4 is 0 Å². The summed E-state index contributed by atoms with van der Waals surface area (Å²) in [5, 5.41) is 0. The summed E-state index contributed by atoms with van der Waals surface area (Å²) in [5.41, 5.74) is 3.19. The summed E-state index contributed by atoms with van der Waals surface area (Å²) in [6.45, 7) is 1.82. The lowest BCUT2D eigenvalue weighted by molar-refractivity contribution is -0.00785. The molecule has 30 heavy (non-hydrogen) atoms. The molecule has 1 amide bonds. The van der Waals surface area contributed by atoms with Crippen LogP contribution in [0.5, 0.6) is 0 Å². The third-order valence-electron chi connectivity index (χ3n) is 6.24. The number of nitrogens with zero attached hydrogens (tertiary/aromatic N) is 5. The van der Waals surface area contributed by atoms with Crippen molar-refractivity contribution in [3.05, 3.63) is 54.2 Å². The Morgan fingerprint density at radius 2 is 2.00 bits per heavy atom. The average molecular weight is 406 g/mol. The largest absolute Gasteiger partial charge is 0.370 e. The lowest BCUT2D eigenvalue weighted by atomic mass is 10.1. The first-order valence-corrected chi connectivity index (χ1v) is 10.9. The van der Waals surface area contributed by atoms with Crippen LogP contribution in [0.15, 0.2) is 43.0 Å². The van der Waals surface area contributed by atoms with Gasteiger partial charge in [0.05, 0.1) is 30.3 Å². The van der Waals surface area contributed by atoms with Gasteiger partial charge in [0.2, 0.25) is 0 Å². The smallest absolute Gasteiger partial charge is 0.255 e. The summed E-state index contributed by atoms with van der Waals surface area (Å²) in [6, 6.07) is 8.18. The number of pyridine rings is 2. The predicted molar refractivity (Wildman–Crippen MR) is 113 cm³/mol. The number of aromatic nitrogens is 4. The lowest BCUT2D eigenvalue weighted by Crippen LogP contribution is -2.43. The standard InChI is InChI=1S/C23H27N5O2/c29-23(27-11-5-9-20(14-27)30-15-18-6-3-4-10-24-18)17-12-21-22(25-13-17)28(16-26-21)19-7-1-2-8-19/h3-4,6,10,12-13,16,19-20H,1-2,5,7-9,11,14-15H2. The van der Waals surface area contributed by atoms with Crippen molar-refractivity contribution < 1.29 is 9.53 Å². The number of hydrogen-bond acceptors (Lipinski definition) is 5. The first-order chi connectivity index (χ1) is 14.8. The number of piperidine rings is 1. The van der Waals surface area contributed by atoms with Gasteiger partial charge in [-0.25, -0.2) is 9.97 Å². The van der Waals surface area contributed by atoms with Crippen LogP contribution in [0.2, 0.25) is 0 Å². The van der Waals surface area contributed by atoms with E-state index in [4.69, 9.17) is 4.74 Å². The van der Waals surface area contributed by atoms with Gasteiger partial charge in [-0.2, -0.15) is 0 Å². The predicted octanol–water partition coefficient (Wildman–Crippen LogP) is 3.76. The number of fused-ring (bicyclic) bond motifs is 1. The number of carbonyl (C=O) groups is 1. The second-order valence-electron chi connectivity index (χ2n) is 8.30. The summed E-state index contributed by atoms with van der Waals surface area (Å²) in [6.07, 6.45) is 12.2. The lowest BCUT2D eigenvalue weighted by Gasteiger charge is -2.32. The number of hydrogen-bond donors (Lipinski definition) is 0. The Morgan fingerprint density at radius 3 is 2.83 bits per heavy atom. The molecule has 1 aliphatic carbocycles. The molecule has 2 fully saturated rings. The van der Waals surface area contributed by atoms with E-state index in [1.54, 1.807) is 12.4 Å². The van der Waals surface area contributed by atoms with Gasteiger partial charge in [0.25, 0.3) is 5.91 Å². The molecule has 7 nitrogen and oxygen atoms in total. The van der Waals surface area contributed by atoms with Crippen LogP contribution in [-0.2, 0) is 11.3 Å². The van der Waals surface area contributed by atoms with E-state index in [2.05, 4.69) is 19.5 Å². The molecule has 0 N–H and O–H groups in total. The molecule has 7 heteroatoms. The van der Waals surface area contributed by atoms with Gasteiger partial charge >= 0.3 is 0 Å². The number of ether oxygens (including phenoxy) is 1. The van der Waals surface area contributed by atoms with E-state index in [-0.39, 0.29) is 12.0 Å². The molecular formula is C23H27N5O2. The highest BCUT2D eigenvalue weighted by Crippen LogP contribution is 2.31. The highest BCUT2D eigenvalue weighted by atomic mass is 16.5. The third-order valence-corrected chi connectivity index (χ3v) is 6.24. The molecule has 1 atom stereocenters. The Labute approximate surface area is 176 Å². The number of imidazole rings is 1. The van der Waals surface area contributed by atoms with Crippen LogP contribution in [-0.4, -0.2) is 49.5 Å². The number of amides is 1. The van der Waals surface area contributed by atoms with Crippen LogP contribution in [0.25, 0.3) is 11.2 Å². The molecule has 2 aliphatic rings. The van der Waals surface area contributed by atoms with Gasteiger partial charge in [-0.3, -0.25) is 9.78 Å². The molecule has 0 aromatic carbocycles. The van der Waals surface area contributed by atoms with E-state index in [1.807, 2.05) is 35.5 Å². The van der Waals surface area contributed by atoms with E-state index in [9.17, 15) is 4.79 Å².